The molecular weight excluding hydrogens is 274 g/mol. The van der Waals surface area contributed by atoms with Crippen LogP contribution >= 0.6 is 0 Å². The van der Waals surface area contributed by atoms with E-state index >= 15 is 0 Å². The molecule has 1 atom stereocenters. The lowest BCUT2D eigenvalue weighted by Gasteiger charge is -2.36. The first-order chi connectivity index (χ1) is 8.90. The lowest BCUT2D eigenvalue weighted by Crippen LogP contribution is -2.48. The molecule has 0 aliphatic rings. The predicted molar refractivity (Wildman–Crippen MR) is 86.0 cm³/mol. The molecule has 0 aromatic heterocycles. The van der Waals surface area contributed by atoms with Crippen molar-refractivity contribution in [3.63, 3.8) is 0 Å². The van der Waals surface area contributed by atoms with Gasteiger partial charge in [-0.25, -0.2) is 0 Å². The maximum Gasteiger partial charge on any atom is 0.281 e. The largest absolute Gasteiger partial charge is 0.314 e. The summed E-state index contributed by atoms with van der Waals surface area (Å²) in [6.45, 7) is 13.6. The van der Waals surface area contributed by atoms with E-state index in [1.807, 2.05) is 6.92 Å². The third kappa shape index (κ3) is 6.08. The summed E-state index contributed by atoms with van der Waals surface area (Å²) < 4.78 is 27.9. The van der Waals surface area contributed by atoms with E-state index in [-0.39, 0.29) is 11.5 Å². The average Bonchev–Trinajstić information content (AvgIpc) is 2.30. The number of nitrogens with one attached hydrogen (secondary N) is 1. The summed E-state index contributed by atoms with van der Waals surface area (Å²) in [5, 5.41) is 3.29. The van der Waals surface area contributed by atoms with Crippen molar-refractivity contribution in [1.29, 1.82) is 0 Å². The van der Waals surface area contributed by atoms with Crippen LogP contribution in [0.5, 0.6) is 0 Å². The third-order valence-electron chi connectivity index (χ3n) is 3.76. The molecular formula is C14H33N3O2S. The molecule has 0 saturated carbocycles. The van der Waals surface area contributed by atoms with Crippen LogP contribution in [0.3, 0.4) is 0 Å². The Hall–Kier alpha value is -0.170. The Bertz CT molecular complexity index is 374. The van der Waals surface area contributed by atoms with E-state index in [4.69, 9.17) is 0 Å². The summed E-state index contributed by atoms with van der Waals surface area (Å²) >= 11 is 0. The zero-order chi connectivity index (χ0) is 16.1. The van der Waals surface area contributed by atoms with E-state index in [2.05, 4.69) is 39.9 Å². The van der Waals surface area contributed by atoms with Crippen molar-refractivity contribution in [2.45, 2.75) is 60.0 Å². The molecule has 5 nitrogen and oxygen atoms in total. The van der Waals surface area contributed by atoms with Gasteiger partial charge in [0.05, 0.1) is 0 Å². The number of hydrogen-bond donors (Lipinski definition) is 1. The molecule has 0 aromatic carbocycles. The van der Waals surface area contributed by atoms with Gasteiger partial charge in [-0.3, -0.25) is 0 Å². The molecule has 0 amide bonds. The van der Waals surface area contributed by atoms with Crippen LogP contribution in [0.25, 0.3) is 0 Å². The fraction of sp³-hybridized carbons (Fsp3) is 1.00. The average molecular weight is 308 g/mol. The van der Waals surface area contributed by atoms with Crippen LogP contribution in [-0.2, 0) is 10.2 Å². The first kappa shape index (κ1) is 19.8. The third-order valence-corrected chi connectivity index (χ3v) is 5.77. The van der Waals surface area contributed by atoms with Crippen LogP contribution in [-0.4, -0.2) is 56.3 Å². The van der Waals surface area contributed by atoms with Gasteiger partial charge in [-0.1, -0.05) is 34.6 Å². The smallest absolute Gasteiger partial charge is 0.281 e. The van der Waals surface area contributed by atoms with Crippen LogP contribution in [0.4, 0.5) is 0 Å². The minimum absolute atomic E-state index is 0.0521. The molecule has 6 heteroatoms. The molecule has 1 unspecified atom stereocenters. The highest BCUT2D eigenvalue weighted by Crippen LogP contribution is 2.25. The second kappa shape index (κ2) is 7.73. The first-order valence-corrected chi connectivity index (χ1v) is 8.73. The molecule has 0 rings (SSSR count). The van der Waals surface area contributed by atoms with Crippen molar-refractivity contribution in [2.75, 3.05) is 27.2 Å². The number of nitrogens with zero attached hydrogens (tertiary/aromatic N) is 2. The van der Waals surface area contributed by atoms with Gasteiger partial charge in [0.25, 0.3) is 10.2 Å². The van der Waals surface area contributed by atoms with Crippen LogP contribution in [0.2, 0.25) is 0 Å². The molecule has 0 aliphatic heterocycles. The van der Waals surface area contributed by atoms with Crippen LogP contribution in [0, 0.1) is 5.41 Å². The molecule has 0 heterocycles. The predicted octanol–water partition coefficient (Wildman–Crippen LogP) is 1.92. The van der Waals surface area contributed by atoms with Gasteiger partial charge in [-0.05, 0) is 25.3 Å². The zero-order valence-electron chi connectivity index (χ0n) is 14.4. The second-order valence-corrected chi connectivity index (χ2v) is 8.94. The summed E-state index contributed by atoms with van der Waals surface area (Å²) in [5.41, 5.74) is -0.0815. The van der Waals surface area contributed by atoms with Gasteiger partial charge in [0.2, 0.25) is 0 Å². The van der Waals surface area contributed by atoms with Crippen molar-refractivity contribution in [1.82, 2.24) is 13.9 Å². The van der Waals surface area contributed by atoms with E-state index in [1.165, 1.54) is 8.61 Å². The lowest BCUT2D eigenvalue weighted by atomic mass is 9.88. The Morgan fingerprint density at radius 2 is 1.60 bits per heavy atom. The highest BCUT2D eigenvalue weighted by atomic mass is 32.2. The normalized spacial score (nSPS) is 15.3. The molecule has 0 aromatic rings. The van der Waals surface area contributed by atoms with Gasteiger partial charge in [0.1, 0.15) is 0 Å². The minimum atomic E-state index is -3.38. The van der Waals surface area contributed by atoms with E-state index < -0.39 is 10.2 Å². The highest BCUT2D eigenvalue weighted by molar-refractivity contribution is 7.86. The maximum atomic E-state index is 12.5. The Balaban J connectivity index is 4.55. The Morgan fingerprint density at radius 1 is 1.10 bits per heavy atom. The van der Waals surface area contributed by atoms with Gasteiger partial charge in [0.15, 0.2) is 0 Å². The van der Waals surface area contributed by atoms with Gasteiger partial charge < -0.3 is 5.32 Å². The summed E-state index contributed by atoms with van der Waals surface area (Å²) in [5.74, 6) is 0. The SMILES string of the molecule is CC(C)NCCCN(C)S(=O)(=O)N(C)C(C)C(C)(C)C. The second-order valence-electron chi connectivity index (χ2n) is 6.85. The number of rotatable bonds is 8. The molecule has 20 heavy (non-hydrogen) atoms. The molecule has 0 spiro atoms. The summed E-state index contributed by atoms with van der Waals surface area (Å²) in [4.78, 5) is 0. The molecule has 1 N–H and O–H groups in total. The summed E-state index contributed by atoms with van der Waals surface area (Å²) in [6.07, 6.45) is 0.811. The fourth-order valence-corrected chi connectivity index (χ4v) is 3.29. The van der Waals surface area contributed by atoms with Crippen molar-refractivity contribution in [3.8, 4) is 0 Å². The molecule has 0 saturated heterocycles. The molecule has 0 bridgehead atoms. The Kier molecular flexibility index (Phi) is 7.66. The van der Waals surface area contributed by atoms with Crippen LogP contribution < -0.4 is 5.32 Å². The van der Waals surface area contributed by atoms with Crippen LogP contribution in [0.15, 0.2) is 0 Å². The quantitative estimate of drug-likeness (QED) is 0.697. The van der Waals surface area contributed by atoms with Crippen molar-refractivity contribution in [2.24, 2.45) is 5.41 Å². The van der Waals surface area contributed by atoms with E-state index in [0.717, 1.165) is 13.0 Å². The van der Waals surface area contributed by atoms with Gasteiger partial charge in [-0.15, -0.1) is 0 Å². The minimum Gasteiger partial charge on any atom is -0.314 e. The molecule has 0 radical (unpaired) electrons. The Morgan fingerprint density at radius 3 is 2.00 bits per heavy atom. The Labute approximate surface area is 125 Å². The molecule has 122 valence electrons. The zero-order valence-corrected chi connectivity index (χ0v) is 15.2. The van der Waals surface area contributed by atoms with Crippen molar-refractivity contribution >= 4 is 10.2 Å². The maximum absolute atomic E-state index is 12.5. The van der Waals surface area contributed by atoms with Crippen LogP contribution in [0.1, 0.15) is 48.0 Å². The van der Waals surface area contributed by atoms with Gasteiger partial charge in [0, 0.05) is 32.7 Å². The monoisotopic (exact) mass is 307 g/mol. The van der Waals surface area contributed by atoms with Gasteiger partial charge in [-0.2, -0.15) is 17.0 Å². The molecule has 0 fully saturated rings. The summed E-state index contributed by atoms with van der Waals surface area (Å²) in [6, 6.07) is 0.379. The van der Waals surface area contributed by atoms with Crippen molar-refractivity contribution < 1.29 is 8.42 Å². The summed E-state index contributed by atoms with van der Waals surface area (Å²) in [7, 11) is -0.0730. The lowest BCUT2D eigenvalue weighted by molar-refractivity contribution is 0.207. The fourth-order valence-electron chi connectivity index (χ4n) is 1.77. The van der Waals surface area contributed by atoms with E-state index in [9.17, 15) is 8.42 Å². The van der Waals surface area contributed by atoms with E-state index in [0.29, 0.717) is 12.6 Å². The topological polar surface area (TPSA) is 52.7 Å². The first-order valence-electron chi connectivity index (χ1n) is 7.33. The standard InChI is InChI=1S/C14H33N3O2S/c1-12(2)15-10-9-11-16(7)20(18,19)17(8)13(3)14(4,5)6/h12-13,15H,9-11H2,1-8H3. The molecule has 0 aliphatic carbocycles. The number of hydrogen-bond acceptors (Lipinski definition) is 3. The highest BCUT2D eigenvalue weighted by Gasteiger charge is 2.33. The van der Waals surface area contributed by atoms with Crippen molar-refractivity contribution in [3.05, 3.63) is 0 Å². The van der Waals surface area contributed by atoms with Gasteiger partial charge >= 0.3 is 0 Å². The van der Waals surface area contributed by atoms with E-state index in [1.54, 1.807) is 14.1 Å².